The Bertz CT molecular complexity index is 380. The van der Waals surface area contributed by atoms with E-state index in [0.717, 1.165) is 24.1 Å². The van der Waals surface area contributed by atoms with Crippen LogP contribution in [0.1, 0.15) is 61.2 Å². The maximum atomic E-state index is 12.6. The van der Waals surface area contributed by atoms with Crippen molar-refractivity contribution < 1.29 is 4.79 Å². The second-order valence-electron chi connectivity index (χ2n) is 5.05. The van der Waals surface area contributed by atoms with E-state index in [0.29, 0.717) is 17.6 Å². The van der Waals surface area contributed by atoms with Crippen molar-refractivity contribution in [3.63, 3.8) is 0 Å². The Labute approximate surface area is 108 Å². The zero-order valence-corrected chi connectivity index (χ0v) is 11.7. The van der Waals surface area contributed by atoms with E-state index in [9.17, 15) is 4.79 Å². The van der Waals surface area contributed by atoms with Gasteiger partial charge in [0.2, 0.25) is 0 Å². The lowest BCUT2D eigenvalue weighted by Gasteiger charge is -2.29. The lowest BCUT2D eigenvalue weighted by Crippen LogP contribution is -2.26. The van der Waals surface area contributed by atoms with Gasteiger partial charge in [0.1, 0.15) is 0 Å². The van der Waals surface area contributed by atoms with Gasteiger partial charge in [0.15, 0.2) is 5.78 Å². The summed E-state index contributed by atoms with van der Waals surface area (Å²) in [6.07, 6.45) is 7.04. The Morgan fingerprint density at radius 1 is 1.35 bits per heavy atom. The number of ketones is 1. The topological polar surface area (TPSA) is 17.1 Å². The fourth-order valence-electron chi connectivity index (χ4n) is 3.04. The molecule has 1 aliphatic rings. The van der Waals surface area contributed by atoms with E-state index in [1.807, 2.05) is 0 Å². The minimum absolute atomic E-state index is 0.303. The molecular weight excluding hydrogens is 228 g/mol. The van der Waals surface area contributed by atoms with Gasteiger partial charge < -0.3 is 0 Å². The minimum Gasteiger partial charge on any atom is -0.293 e. The van der Waals surface area contributed by atoms with E-state index in [-0.39, 0.29) is 0 Å². The highest BCUT2D eigenvalue weighted by Crippen LogP contribution is 2.36. The number of thiophene rings is 1. The van der Waals surface area contributed by atoms with Crippen molar-refractivity contribution in [2.75, 3.05) is 0 Å². The van der Waals surface area contributed by atoms with Crippen molar-refractivity contribution in [1.82, 2.24) is 0 Å². The molecule has 1 aliphatic carbocycles. The number of hydrogen-bond acceptors (Lipinski definition) is 2. The van der Waals surface area contributed by atoms with Gasteiger partial charge in [-0.2, -0.15) is 0 Å². The Morgan fingerprint density at radius 2 is 2.12 bits per heavy atom. The molecule has 1 nitrogen and oxygen atoms in total. The van der Waals surface area contributed by atoms with Crippen molar-refractivity contribution in [3.8, 4) is 0 Å². The molecule has 0 spiro atoms. The number of rotatable bonds is 4. The quantitative estimate of drug-likeness (QED) is 0.707. The summed E-state index contributed by atoms with van der Waals surface area (Å²) in [4.78, 5) is 13.7. The van der Waals surface area contributed by atoms with E-state index < -0.39 is 0 Å². The summed E-state index contributed by atoms with van der Waals surface area (Å²) in [6.45, 7) is 4.36. The lowest BCUT2D eigenvalue weighted by atomic mass is 9.75. The Hall–Kier alpha value is -0.630. The highest BCUT2D eigenvalue weighted by atomic mass is 32.1. The summed E-state index contributed by atoms with van der Waals surface area (Å²) in [5.41, 5.74) is 1.25. The summed E-state index contributed by atoms with van der Waals surface area (Å²) >= 11 is 1.64. The van der Waals surface area contributed by atoms with E-state index in [4.69, 9.17) is 0 Å². The van der Waals surface area contributed by atoms with Crippen LogP contribution in [0.15, 0.2) is 11.4 Å². The first-order valence-electron chi connectivity index (χ1n) is 6.88. The maximum absolute atomic E-state index is 12.6. The second kappa shape index (κ2) is 5.81. The molecule has 0 aliphatic heterocycles. The van der Waals surface area contributed by atoms with Crippen LogP contribution in [0.3, 0.4) is 0 Å². The van der Waals surface area contributed by atoms with Gasteiger partial charge in [-0.05, 0) is 42.2 Å². The first-order valence-corrected chi connectivity index (χ1v) is 7.76. The van der Waals surface area contributed by atoms with Crippen molar-refractivity contribution in [3.05, 3.63) is 21.9 Å². The molecule has 1 aromatic rings. The Morgan fingerprint density at radius 3 is 2.82 bits per heavy atom. The first-order chi connectivity index (χ1) is 8.27. The van der Waals surface area contributed by atoms with Crippen LogP contribution in [-0.4, -0.2) is 5.78 Å². The smallest absolute Gasteiger partial charge is 0.176 e. The molecule has 1 heterocycles. The SMILES string of the molecule is CCc1ccsc1C(=O)C1CCCCC1CC. The van der Waals surface area contributed by atoms with Gasteiger partial charge >= 0.3 is 0 Å². The maximum Gasteiger partial charge on any atom is 0.176 e. The molecule has 0 N–H and O–H groups in total. The molecule has 0 aromatic carbocycles. The van der Waals surface area contributed by atoms with Gasteiger partial charge in [-0.1, -0.05) is 33.1 Å². The van der Waals surface area contributed by atoms with Gasteiger partial charge in [0.05, 0.1) is 4.88 Å². The van der Waals surface area contributed by atoms with E-state index in [2.05, 4.69) is 25.3 Å². The number of carbonyl (C=O) groups is 1. The standard InChI is InChI=1S/C15H22OS/c1-3-11-7-5-6-8-13(11)14(16)15-12(4-2)9-10-17-15/h9-11,13H,3-8H2,1-2H3. The number of carbonyl (C=O) groups excluding carboxylic acids is 1. The van der Waals surface area contributed by atoms with Crippen molar-refractivity contribution >= 4 is 17.1 Å². The van der Waals surface area contributed by atoms with Crippen LogP contribution in [0, 0.1) is 11.8 Å². The van der Waals surface area contributed by atoms with Gasteiger partial charge in [0, 0.05) is 5.92 Å². The Kier molecular flexibility index (Phi) is 4.38. The third kappa shape index (κ3) is 2.62. The molecule has 1 aromatic heterocycles. The van der Waals surface area contributed by atoms with Crippen molar-refractivity contribution in [2.45, 2.75) is 52.4 Å². The summed E-state index contributed by atoms with van der Waals surface area (Å²) in [6, 6.07) is 2.11. The van der Waals surface area contributed by atoms with Crippen molar-refractivity contribution in [2.24, 2.45) is 11.8 Å². The summed E-state index contributed by atoms with van der Waals surface area (Å²) in [5, 5.41) is 2.07. The fraction of sp³-hybridized carbons (Fsp3) is 0.667. The molecule has 1 fully saturated rings. The molecular formula is C15H22OS. The zero-order valence-electron chi connectivity index (χ0n) is 10.9. The summed E-state index contributed by atoms with van der Waals surface area (Å²) < 4.78 is 0. The third-order valence-corrected chi connectivity index (χ3v) is 5.09. The molecule has 2 unspecified atom stereocenters. The number of aryl methyl sites for hydroxylation is 1. The van der Waals surface area contributed by atoms with Crippen molar-refractivity contribution in [1.29, 1.82) is 0 Å². The molecule has 2 rings (SSSR count). The van der Waals surface area contributed by atoms with E-state index >= 15 is 0 Å². The lowest BCUT2D eigenvalue weighted by molar-refractivity contribution is 0.0824. The highest BCUT2D eigenvalue weighted by Gasteiger charge is 2.31. The third-order valence-electron chi connectivity index (χ3n) is 4.12. The van der Waals surface area contributed by atoms with Gasteiger partial charge in [0.25, 0.3) is 0 Å². The van der Waals surface area contributed by atoms with E-state index in [1.54, 1.807) is 11.3 Å². The molecule has 2 atom stereocenters. The van der Waals surface area contributed by atoms with Crippen LogP contribution < -0.4 is 0 Å². The predicted molar refractivity (Wildman–Crippen MR) is 73.8 cm³/mol. The van der Waals surface area contributed by atoms with Crippen LogP contribution >= 0.6 is 11.3 Å². The van der Waals surface area contributed by atoms with Crippen LogP contribution in [0.25, 0.3) is 0 Å². The second-order valence-corrected chi connectivity index (χ2v) is 5.97. The van der Waals surface area contributed by atoms with Gasteiger partial charge in [-0.15, -0.1) is 11.3 Å². The number of Topliss-reactive ketones (excluding diaryl/α,β-unsaturated/α-hetero) is 1. The minimum atomic E-state index is 0.303. The largest absolute Gasteiger partial charge is 0.293 e. The summed E-state index contributed by atoms with van der Waals surface area (Å²) in [7, 11) is 0. The molecule has 0 amide bonds. The summed E-state index contributed by atoms with van der Waals surface area (Å²) in [5.74, 6) is 1.36. The fourth-order valence-corrected chi connectivity index (χ4v) is 4.04. The van der Waals surface area contributed by atoms with Crippen LogP contribution in [0.5, 0.6) is 0 Å². The average molecular weight is 250 g/mol. The predicted octanol–water partition coefficient (Wildman–Crippen LogP) is 4.71. The zero-order chi connectivity index (χ0) is 12.3. The molecule has 1 saturated carbocycles. The molecule has 0 saturated heterocycles. The molecule has 2 heteroatoms. The van der Waals surface area contributed by atoms with Crippen LogP contribution in [-0.2, 0) is 6.42 Å². The monoisotopic (exact) mass is 250 g/mol. The molecule has 94 valence electrons. The van der Waals surface area contributed by atoms with Crippen LogP contribution in [0.2, 0.25) is 0 Å². The average Bonchev–Trinajstić information content (AvgIpc) is 2.86. The highest BCUT2D eigenvalue weighted by molar-refractivity contribution is 7.12. The Balaban J connectivity index is 2.18. The van der Waals surface area contributed by atoms with Crippen LogP contribution in [0.4, 0.5) is 0 Å². The first kappa shape index (κ1) is 12.8. The van der Waals surface area contributed by atoms with E-state index in [1.165, 1.54) is 24.8 Å². The molecule has 17 heavy (non-hydrogen) atoms. The number of hydrogen-bond donors (Lipinski definition) is 0. The van der Waals surface area contributed by atoms with Gasteiger partial charge in [-0.3, -0.25) is 4.79 Å². The van der Waals surface area contributed by atoms with Gasteiger partial charge in [-0.25, -0.2) is 0 Å². The normalized spacial score (nSPS) is 24.8. The molecule has 0 bridgehead atoms. The molecule has 0 radical (unpaired) electrons.